The SMILES string of the molecule is CC1(C)c2ccccc2-c2cc(N(c3ccc(-c4ccccc4-n4c5ccccc5c5cc(F)ccc54)cc3)c3ccc(-c4cccc5sc6ccccc6c45)cc3)ccc21. The zero-order valence-electron chi connectivity index (χ0n) is 33.7. The van der Waals surface area contributed by atoms with Gasteiger partial charge < -0.3 is 9.47 Å². The monoisotopic (exact) mass is 802 g/mol. The van der Waals surface area contributed by atoms with E-state index in [0.717, 1.165) is 55.7 Å². The Hall–Kier alpha value is -7.27. The van der Waals surface area contributed by atoms with Gasteiger partial charge in [0.15, 0.2) is 0 Å². The Bertz CT molecular complexity index is 3520. The minimum Gasteiger partial charge on any atom is -0.310 e. The van der Waals surface area contributed by atoms with Crippen molar-refractivity contribution >= 4 is 70.4 Å². The highest BCUT2D eigenvalue weighted by Gasteiger charge is 2.35. The van der Waals surface area contributed by atoms with Crippen molar-refractivity contribution in [2.75, 3.05) is 4.90 Å². The molecule has 0 radical (unpaired) electrons. The van der Waals surface area contributed by atoms with Crippen LogP contribution >= 0.6 is 11.3 Å². The first-order chi connectivity index (χ1) is 29.9. The van der Waals surface area contributed by atoms with E-state index in [-0.39, 0.29) is 11.2 Å². The molecule has 0 unspecified atom stereocenters. The molecular formula is C57H39FN2S. The topological polar surface area (TPSA) is 8.17 Å². The molecule has 61 heavy (non-hydrogen) atoms. The first kappa shape index (κ1) is 35.7. The molecule has 4 heteroatoms. The van der Waals surface area contributed by atoms with Crippen LogP contribution in [0.5, 0.6) is 0 Å². The van der Waals surface area contributed by atoms with E-state index in [2.05, 4.69) is 199 Å². The first-order valence-electron chi connectivity index (χ1n) is 20.9. The third kappa shape index (κ3) is 5.52. The second-order valence-electron chi connectivity index (χ2n) is 16.6. The molecule has 0 amide bonds. The Balaban J connectivity index is 0.992. The van der Waals surface area contributed by atoms with Crippen molar-refractivity contribution < 1.29 is 4.39 Å². The second kappa shape index (κ2) is 13.6. The van der Waals surface area contributed by atoms with Crippen LogP contribution < -0.4 is 4.90 Å². The first-order valence-corrected chi connectivity index (χ1v) is 21.7. The maximum absolute atomic E-state index is 14.6. The summed E-state index contributed by atoms with van der Waals surface area (Å²) in [5.41, 5.74) is 16.2. The zero-order valence-corrected chi connectivity index (χ0v) is 34.5. The van der Waals surface area contributed by atoms with E-state index in [1.165, 1.54) is 53.6 Å². The van der Waals surface area contributed by atoms with E-state index >= 15 is 0 Å². The van der Waals surface area contributed by atoms with Crippen molar-refractivity contribution in [1.82, 2.24) is 4.57 Å². The van der Waals surface area contributed by atoms with Gasteiger partial charge in [0.2, 0.25) is 0 Å². The molecule has 290 valence electrons. The number of halogens is 1. The lowest BCUT2D eigenvalue weighted by Crippen LogP contribution is -2.15. The van der Waals surface area contributed by atoms with Crippen LogP contribution in [0.15, 0.2) is 200 Å². The van der Waals surface area contributed by atoms with Gasteiger partial charge in [-0.15, -0.1) is 11.3 Å². The molecule has 0 spiro atoms. The van der Waals surface area contributed by atoms with Crippen LogP contribution in [0.25, 0.3) is 81.0 Å². The van der Waals surface area contributed by atoms with Crippen molar-refractivity contribution in [3.8, 4) is 39.1 Å². The molecule has 0 bridgehead atoms. The molecule has 0 atom stereocenters. The molecule has 0 fully saturated rings. The molecule has 2 heterocycles. The van der Waals surface area contributed by atoms with Crippen LogP contribution in [0.2, 0.25) is 0 Å². The van der Waals surface area contributed by atoms with Gasteiger partial charge in [0.1, 0.15) is 5.82 Å². The Morgan fingerprint density at radius 2 is 1.03 bits per heavy atom. The van der Waals surface area contributed by atoms with Gasteiger partial charge >= 0.3 is 0 Å². The van der Waals surface area contributed by atoms with Crippen LogP contribution in [-0.4, -0.2) is 4.57 Å². The quantitative estimate of drug-likeness (QED) is 0.163. The number of nitrogens with zero attached hydrogens (tertiary/aromatic N) is 2. The van der Waals surface area contributed by atoms with Gasteiger partial charge in [-0.25, -0.2) is 4.39 Å². The fourth-order valence-corrected chi connectivity index (χ4v) is 11.1. The molecule has 0 aliphatic heterocycles. The number of hydrogen-bond donors (Lipinski definition) is 0. The normalized spacial score (nSPS) is 13.0. The summed E-state index contributed by atoms with van der Waals surface area (Å²) < 4.78 is 19.5. The summed E-state index contributed by atoms with van der Waals surface area (Å²) in [7, 11) is 0. The molecule has 2 nitrogen and oxygen atoms in total. The number of hydrogen-bond acceptors (Lipinski definition) is 2. The lowest BCUT2D eigenvalue weighted by Gasteiger charge is -2.27. The second-order valence-corrected chi connectivity index (χ2v) is 17.7. The highest BCUT2D eigenvalue weighted by molar-refractivity contribution is 7.25. The molecule has 1 aliphatic carbocycles. The lowest BCUT2D eigenvalue weighted by atomic mass is 9.82. The standard InChI is InChI=1S/C57H39FN2S/c1-57(2)49-17-7-3-13-44(49)47-35-41(31-32-50(47)57)59(40-29-24-37(25-30-40)43-16-11-21-55-56(43)46-15-6-10-20-54(46)61-55)39-27-22-36(23-28-39)42-12-4-8-18-51(42)60-52-19-9-5-14-45(52)48-34-38(58)26-33-53(48)60/h3-35H,1-2H3. The molecule has 0 N–H and O–H groups in total. The maximum atomic E-state index is 14.6. The number of benzene rings is 9. The van der Waals surface area contributed by atoms with E-state index in [1.807, 2.05) is 23.5 Å². The van der Waals surface area contributed by atoms with Crippen molar-refractivity contribution in [2.45, 2.75) is 19.3 Å². The van der Waals surface area contributed by atoms with Crippen molar-refractivity contribution in [3.63, 3.8) is 0 Å². The van der Waals surface area contributed by atoms with Crippen molar-refractivity contribution in [2.24, 2.45) is 0 Å². The third-order valence-electron chi connectivity index (χ3n) is 12.9. The molecule has 12 rings (SSSR count). The minimum absolute atomic E-state index is 0.0800. The predicted molar refractivity (Wildman–Crippen MR) is 257 cm³/mol. The van der Waals surface area contributed by atoms with Gasteiger partial charge in [-0.05, 0) is 118 Å². The van der Waals surface area contributed by atoms with Gasteiger partial charge in [-0.1, -0.05) is 135 Å². The van der Waals surface area contributed by atoms with Crippen LogP contribution in [0.3, 0.4) is 0 Å². The third-order valence-corrected chi connectivity index (χ3v) is 14.0. The highest BCUT2D eigenvalue weighted by atomic mass is 32.1. The molecule has 0 saturated heterocycles. The number of aromatic nitrogens is 1. The van der Waals surface area contributed by atoms with Gasteiger partial charge in [-0.2, -0.15) is 0 Å². The number of fused-ring (bicyclic) bond motifs is 9. The van der Waals surface area contributed by atoms with Crippen LogP contribution in [-0.2, 0) is 5.41 Å². The average molecular weight is 803 g/mol. The van der Waals surface area contributed by atoms with Gasteiger partial charge in [0.25, 0.3) is 0 Å². The number of thiophene rings is 1. The Labute approximate surface area is 358 Å². The predicted octanol–water partition coefficient (Wildman–Crippen LogP) is 16.4. The summed E-state index contributed by atoms with van der Waals surface area (Å²) in [5.74, 6) is -0.233. The average Bonchev–Trinajstić information content (AvgIpc) is 3.92. The van der Waals surface area contributed by atoms with Crippen molar-refractivity contribution in [3.05, 3.63) is 217 Å². The fourth-order valence-electron chi connectivity index (χ4n) is 10.0. The minimum atomic E-state index is -0.233. The van der Waals surface area contributed by atoms with Gasteiger partial charge in [0.05, 0.1) is 16.7 Å². The fraction of sp³-hybridized carbons (Fsp3) is 0.0526. The number of para-hydroxylation sites is 2. The summed E-state index contributed by atoms with van der Waals surface area (Å²) in [6.45, 7) is 4.67. The summed E-state index contributed by atoms with van der Waals surface area (Å²) in [4.78, 5) is 2.38. The lowest BCUT2D eigenvalue weighted by molar-refractivity contribution is 0.629. The molecule has 9 aromatic carbocycles. The summed E-state index contributed by atoms with van der Waals surface area (Å²) in [5, 5.41) is 4.56. The Morgan fingerprint density at radius 3 is 1.84 bits per heavy atom. The molecule has 11 aromatic rings. The summed E-state index contributed by atoms with van der Waals surface area (Å²) in [6, 6.07) is 71.2. The van der Waals surface area contributed by atoms with Crippen LogP contribution in [0, 0.1) is 5.82 Å². The smallest absolute Gasteiger partial charge is 0.123 e. The molecule has 1 aliphatic rings. The van der Waals surface area contributed by atoms with E-state index in [9.17, 15) is 4.39 Å². The van der Waals surface area contributed by atoms with E-state index < -0.39 is 0 Å². The van der Waals surface area contributed by atoms with Crippen molar-refractivity contribution in [1.29, 1.82) is 0 Å². The van der Waals surface area contributed by atoms with Gasteiger partial charge in [-0.3, -0.25) is 0 Å². The molecule has 2 aromatic heterocycles. The maximum Gasteiger partial charge on any atom is 0.123 e. The van der Waals surface area contributed by atoms with E-state index in [4.69, 9.17) is 0 Å². The largest absolute Gasteiger partial charge is 0.310 e. The highest BCUT2D eigenvalue weighted by Crippen LogP contribution is 2.51. The van der Waals surface area contributed by atoms with Crippen LogP contribution in [0.1, 0.15) is 25.0 Å². The molecular weight excluding hydrogens is 764 g/mol. The Kier molecular flexibility index (Phi) is 7.97. The van der Waals surface area contributed by atoms with Gasteiger partial charge in [0, 0.05) is 59.0 Å². The number of rotatable bonds is 6. The van der Waals surface area contributed by atoms with E-state index in [0.29, 0.717) is 0 Å². The summed E-state index contributed by atoms with van der Waals surface area (Å²) >= 11 is 1.86. The Morgan fingerprint density at radius 1 is 0.443 bits per heavy atom. The van der Waals surface area contributed by atoms with Crippen LogP contribution in [0.4, 0.5) is 21.5 Å². The molecule has 0 saturated carbocycles. The zero-order chi connectivity index (χ0) is 40.8. The number of anilines is 3. The van der Waals surface area contributed by atoms with E-state index in [1.54, 1.807) is 12.1 Å². The summed E-state index contributed by atoms with van der Waals surface area (Å²) in [6.07, 6.45) is 0.